The predicted molar refractivity (Wildman–Crippen MR) is 229 cm³/mol. The van der Waals surface area contributed by atoms with Crippen LogP contribution in [0.2, 0.25) is 0 Å². The second-order valence-electron chi connectivity index (χ2n) is 14.6. The zero-order chi connectivity index (χ0) is 44.0. The zero-order valence-electron chi connectivity index (χ0n) is 34.9. The quantitative estimate of drug-likeness (QED) is 0.0215. The van der Waals surface area contributed by atoms with Gasteiger partial charge in [-0.1, -0.05) is 53.6 Å². The molecule has 1 aliphatic heterocycles. The Morgan fingerprint density at radius 2 is 1.43 bits per heavy atom. The van der Waals surface area contributed by atoms with Crippen LogP contribution in [0.25, 0.3) is 43.8 Å². The molecule has 0 saturated carbocycles. The van der Waals surface area contributed by atoms with Crippen LogP contribution < -0.4 is 10.1 Å². The van der Waals surface area contributed by atoms with Crippen molar-refractivity contribution in [3.05, 3.63) is 112 Å². The first kappa shape index (κ1) is 44.4. The number of azide groups is 1. The van der Waals surface area contributed by atoms with Gasteiger partial charge < -0.3 is 52.9 Å². The maximum Gasteiger partial charge on any atom is 0.409 e. The maximum atomic E-state index is 13.8. The van der Waals surface area contributed by atoms with Gasteiger partial charge in [0.2, 0.25) is 5.91 Å². The number of benzene rings is 3. The van der Waals surface area contributed by atoms with E-state index >= 15 is 0 Å². The molecule has 0 unspecified atom stereocenters. The van der Waals surface area contributed by atoms with E-state index in [1.54, 1.807) is 29.2 Å². The number of nitrogens with zero attached hydrogens (tertiary/aromatic N) is 5. The molecule has 63 heavy (non-hydrogen) atoms. The van der Waals surface area contributed by atoms with E-state index in [9.17, 15) is 19.2 Å². The van der Waals surface area contributed by atoms with E-state index < -0.39 is 17.8 Å². The standard InChI is InChI=1S/C45H49N7O11/c1-57-39-13-11-35(38-12-10-30(63-38)26-47-40(53)29-61-25-24-60-23-22-59-21-20-58-19-14-49-50-46)42-41(39)36(27-48-42)43(54)44(55)51-15-17-52(18-16-51)45(56)62-28-37-33-8-4-2-6-31(33)32-7-3-5-9-34(32)37/h2-13,27,37,48H,14-26,28-29H2,1H3,(H,47,53). The van der Waals surface area contributed by atoms with E-state index in [2.05, 4.69) is 44.6 Å². The highest BCUT2D eigenvalue weighted by atomic mass is 16.6. The number of hydrogen-bond acceptors (Lipinski definition) is 12. The lowest BCUT2D eigenvalue weighted by molar-refractivity contribution is -0.128. The van der Waals surface area contributed by atoms with Crippen molar-refractivity contribution < 1.29 is 52.0 Å². The Hall–Kier alpha value is -6.69. The highest BCUT2D eigenvalue weighted by molar-refractivity contribution is 6.45. The second kappa shape index (κ2) is 21.9. The summed E-state index contributed by atoms with van der Waals surface area (Å²) >= 11 is 0. The average molecular weight is 864 g/mol. The highest BCUT2D eigenvalue weighted by Crippen LogP contribution is 2.44. The number of hydrogen-bond donors (Lipinski definition) is 2. The van der Waals surface area contributed by atoms with Gasteiger partial charge in [0, 0.05) is 55.3 Å². The van der Waals surface area contributed by atoms with Gasteiger partial charge in [0.05, 0.1) is 76.4 Å². The smallest absolute Gasteiger partial charge is 0.409 e. The molecule has 2 aliphatic rings. The summed E-state index contributed by atoms with van der Waals surface area (Å²) in [7, 11) is 1.49. The molecule has 18 heteroatoms. The lowest BCUT2D eigenvalue weighted by atomic mass is 9.98. The number of H-pyrrole nitrogens is 1. The van der Waals surface area contributed by atoms with Crippen LogP contribution in [0.5, 0.6) is 5.75 Å². The Bertz CT molecular complexity index is 2390. The number of ketones is 1. The molecule has 5 aromatic rings. The summed E-state index contributed by atoms with van der Waals surface area (Å²) in [5.41, 5.74) is 14.1. The van der Waals surface area contributed by atoms with Crippen LogP contribution in [0.4, 0.5) is 4.79 Å². The molecule has 1 saturated heterocycles. The van der Waals surface area contributed by atoms with Gasteiger partial charge in [-0.25, -0.2) is 4.79 Å². The van der Waals surface area contributed by atoms with Gasteiger partial charge in [-0.15, -0.1) is 0 Å². The number of methoxy groups -OCH3 is 1. The molecule has 3 aromatic carbocycles. The number of aromatic nitrogens is 1. The molecule has 18 nitrogen and oxygen atoms in total. The Morgan fingerprint density at radius 1 is 0.794 bits per heavy atom. The first-order valence-corrected chi connectivity index (χ1v) is 20.7. The lowest BCUT2D eigenvalue weighted by Crippen LogP contribution is -2.52. The van der Waals surface area contributed by atoms with Crippen molar-refractivity contribution in [2.75, 3.05) is 99.3 Å². The van der Waals surface area contributed by atoms with Crippen molar-refractivity contribution in [3.63, 3.8) is 0 Å². The normalized spacial score (nSPS) is 13.3. The highest BCUT2D eigenvalue weighted by Gasteiger charge is 2.33. The zero-order valence-corrected chi connectivity index (χ0v) is 34.9. The molecule has 7 rings (SSSR count). The topological polar surface area (TPSA) is 220 Å². The number of furan rings is 1. The molecule has 2 N–H and O–H groups in total. The Morgan fingerprint density at radius 3 is 2.10 bits per heavy atom. The van der Waals surface area contributed by atoms with E-state index in [1.807, 2.05) is 24.3 Å². The van der Waals surface area contributed by atoms with E-state index in [4.69, 9.17) is 38.4 Å². The molecular formula is C45H49N7O11. The summed E-state index contributed by atoms with van der Waals surface area (Å²) in [6, 6.07) is 23.3. The summed E-state index contributed by atoms with van der Waals surface area (Å²) in [6.07, 6.45) is 1.03. The maximum absolute atomic E-state index is 13.8. The molecule has 3 heterocycles. The van der Waals surface area contributed by atoms with Crippen LogP contribution in [0.1, 0.15) is 33.2 Å². The summed E-state index contributed by atoms with van der Waals surface area (Å²) < 4.78 is 39.0. The number of carbonyl (C=O) groups excluding carboxylic acids is 4. The monoisotopic (exact) mass is 863 g/mol. The van der Waals surface area contributed by atoms with Crippen LogP contribution in [-0.2, 0) is 39.8 Å². The molecular weight excluding hydrogens is 815 g/mol. The van der Waals surface area contributed by atoms with Gasteiger partial charge in [0.25, 0.3) is 11.7 Å². The van der Waals surface area contributed by atoms with Crippen molar-refractivity contribution >= 4 is 34.6 Å². The SMILES string of the molecule is COc1ccc(-c2ccc(CNC(=O)COCCOCCOCCOCCN=[N+]=[N-])o2)c2[nH]cc(C(=O)C(=O)N3CCN(C(=O)OCC4c5ccccc5-c5ccccc54)CC3)c12. The summed E-state index contributed by atoms with van der Waals surface area (Å²) in [5, 5.41) is 6.57. The van der Waals surface area contributed by atoms with Crippen molar-refractivity contribution in [2.24, 2.45) is 5.11 Å². The van der Waals surface area contributed by atoms with E-state index in [1.165, 1.54) is 18.2 Å². The van der Waals surface area contributed by atoms with Crippen molar-refractivity contribution in [1.29, 1.82) is 0 Å². The fraction of sp³-hybridized carbons (Fsp3) is 0.378. The molecule has 0 spiro atoms. The van der Waals surface area contributed by atoms with Gasteiger partial charge in [-0.2, -0.15) is 0 Å². The summed E-state index contributed by atoms with van der Waals surface area (Å²) in [5.74, 6) is -0.448. The minimum absolute atomic E-state index is 0.0671. The first-order chi connectivity index (χ1) is 30.9. The third-order valence-electron chi connectivity index (χ3n) is 10.8. The van der Waals surface area contributed by atoms with Crippen LogP contribution in [0, 0.1) is 0 Å². The van der Waals surface area contributed by atoms with Crippen LogP contribution in [0.15, 0.2) is 88.5 Å². The number of Topliss-reactive ketones (excluding diaryl/α,β-unsaturated/α-hetero) is 1. The molecule has 1 aliphatic carbocycles. The molecule has 0 atom stereocenters. The van der Waals surface area contributed by atoms with Gasteiger partial charge in [0.15, 0.2) is 0 Å². The van der Waals surface area contributed by atoms with Crippen molar-refractivity contribution in [1.82, 2.24) is 20.1 Å². The Labute approximate surface area is 362 Å². The molecule has 3 amide bonds. The number of rotatable bonds is 22. The number of fused-ring (bicyclic) bond motifs is 4. The van der Waals surface area contributed by atoms with Crippen LogP contribution in [-0.4, -0.2) is 138 Å². The van der Waals surface area contributed by atoms with E-state index in [0.717, 1.165) is 22.3 Å². The number of nitrogens with one attached hydrogen (secondary N) is 2. The number of aromatic amines is 1. The lowest BCUT2D eigenvalue weighted by Gasteiger charge is -2.34. The average Bonchev–Trinajstić information content (AvgIpc) is 4.06. The number of ether oxygens (including phenoxy) is 6. The van der Waals surface area contributed by atoms with E-state index in [0.29, 0.717) is 73.4 Å². The second-order valence-corrected chi connectivity index (χ2v) is 14.6. The van der Waals surface area contributed by atoms with Gasteiger partial charge >= 0.3 is 6.09 Å². The summed E-state index contributed by atoms with van der Waals surface area (Å²) in [6.45, 7) is 3.59. The molecule has 0 radical (unpaired) electrons. The molecule has 0 bridgehead atoms. The Balaban J connectivity index is 0.853. The fourth-order valence-corrected chi connectivity index (χ4v) is 7.64. The van der Waals surface area contributed by atoms with Crippen LogP contribution in [0.3, 0.4) is 0 Å². The number of amides is 3. The van der Waals surface area contributed by atoms with Crippen molar-refractivity contribution in [3.8, 4) is 28.2 Å². The third kappa shape index (κ3) is 10.9. The summed E-state index contributed by atoms with van der Waals surface area (Å²) in [4.78, 5) is 61.8. The van der Waals surface area contributed by atoms with Gasteiger partial charge in [0.1, 0.15) is 30.5 Å². The largest absolute Gasteiger partial charge is 0.496 e. The number of piperazine rings is 1. The van der Waals surface area contributed by atoms with Crippen molar-refractivity contribution in [2.45, 2.75) is 12.5 Å². The van der Waals surface area contributed by atoms with Gasteiger partial charge in [-0.05, 0) is 52.1 Å². The third-order valence-corrected chi connectivity index (χ3v) is 10.8. The number of carbonyl (C=O) groups is 4. The molecule has 2 aromatic heterocycles. The molecule has 1 fully saturated rings. The van der Waals surface area contributed by atoms with Crippen LogP contribution >= 0.6 is 0 Å². The fourth-order valence-electron chi connectivity index (χ4n) is 7.64. The van der Waals surface area contributed by atoms with Gasteiger partial charge in [-0.3, -0.25) is 14.4 Å². The first-order valence-electron chi connectivity index (χ1n) is 20.7. The van der Waals surface area contributed by atoms with E-state index in [-0.39, 0.29) is 76.5 Å². The predicted octanol–water partition coefficient (Wildman–Crippen LogP) is 5.71. The molecule has 330 valence electrons. The Kier molecular flexibility index (Phi) is 15.4. The minimum atomic E-state index is -0.713. The minimum Gasteiger partial charge on any atom is -0.496 e.